The zero-order valence-electron chi connectivity index (χ0n) is 25.9. The first-order chi connectivity index (χ1) is 22.3. The van der Waals surface area contributed by atoms with E-state index in [1.165, 1.54) is 6.07 Å². The Morgan fingerprint density at radius 3 is 2.80 bits per heavy atom. The third kappa shape index (κ3) is 4.77. The number of aromatic nitrogens is 3. The van der Waals surface area contributed by atoms with E-state index in [4.69, 9.17) is 9.72 Å². The number of hydrogen-bond acceptors (Lipinski definition) is 7. The molecule has 11 heteroatoms. The number of piperidine rings is 1. The highest BCUT2D eigenvalue weighted by molar-refractivity contribution is 6.01. The summed E-state index contributed by atoms with van der Waals surface area (Å²) >= 11 is 0. The van der Waals surface area contributed by atoms with Crippen molar-refractivity contribution in [2.75, 3.05) is 44.2 Å². The molecule has 2 aromatic heterocycles. The Bertz CT molecular complexity index is 1870. The fourth-order valence-electron chi connectivity index (χ4n) is 8.56. The molecular formula is C35H37F3N6O2. The average Bonchev–Trinajstić information content (AvgIpc) is 3.71. The van der Waals surface area contributed by atoms with Gasteiger partial charge in [0.05, 0.1) is 10.9 Å². The molecule has 3 atom stereocenters. The van der Waals surface area contributed by atoms with Crippen molar-refractivity contribution in [3.05, 3.63) is 53.7 Å². The Labute approximate surface area is 265 Å². The molecule has 8 nitrogen and oxygen atoms in total. The van der Waals surface area contributed by atoms with Crippen LogP contribution in [-0.4, -0.2) is 76.8 Å². The minimum absolute atomic E-state index is 0.0283. The normalized spacial score (nSPS) is 26.4. The van der Waals surface area contributed by atoms with Crippen LogP contribution in [0.1, 0.15) is 51.0 Å². The minimum atomic E-state index is -0.908. The van der Waals surface area contributed by atoms with Crippen molar-refractivity contribution >= 4 is 33.4 Å². The Balaban J connectivity index is 1.25. The molecule has 0 radical (unpaired) electrons. The number of hydrogen-bond donors (Lipinski definition) is 1. The Hall–Kier alpha value is -3.99. The van der Waals surface area contributed by atoms with Gasteiger partial charge in [-0.3, -0.25) is 14.7 Å². The third-order valence-corrected chi connectivity index (χ3v) is 10.7. The summed E-state index contributed by atoms with van der Waals surface area (Å²) in [6, 6.07) is 8.63. The molecule has 8 rings (SSSR count). The van der Waals surface area contributed by atoms with Crippen LogP contribution >= 0.6 is 0 Å². The van der Waals surface area contributed by atoms with E-state index in [1.807, 2.05) is 19.1 Å². The van der Waals surface area contributed by atoms with Crippen molar-refractivity contribution < 1.29 is 22.7 Å². The molecule has 4 aliphatic heterocycles. The molecule has 0 bridgehead atoms. The van der Waals surface area contributed by atoms with Gasteiger partial charge in [-0.2, -0.15) is 9.97 Å². The second-order valence-corrected chi connectivity index (χ2v) is 13.6. The molecule has 4 fully saturated rings. The van der Waals surface area contributed by atoms with Crippen molar-refractivity contribution in [2.45, 2.75) is 63.6 Å². The molecule has 0 aliphatic carbocycles. The van der Waals surface area contributed by atoms with Gasteiger partial charge < -0.3 is 15.0 Å². The number of anilines is 1. The number of amides is 1. The third-order valence-electron chi connectivity index (χ3n) is 10.7. The van der Waals surface area contributed by atoms with Crippen LogP contribution in [-0.2, 0) is 11.2 Å². The monoisotopic (exact) mass is 630 g/mol. The highest BCUT2D eigenvalue weighted by Crippen LogP contribution is 2.43. The second kappa shape index (κ2) is 11.1. The first-order valence-electron chi connectivity index (χ1n) is 16.4. The lowest BCUT2D eigenvalue weighted by Gasteiger charge is -2.40. The van der Waals surface area contributed by atoms with Crippen LogP contribution in [0.4, 0.5) is 19.0 Å². The molecule has 4 saturated heterocycles. The van der Waals surface area contributed by atoms with E-state index in [-0.39, 0.29) is 41.0 Å². The SMILES string of the molecule is CCc1c(F)ccc2cccc(-c3ncc4c(N5CCCC6(CNC(=O)C6)C5)nc(OC[C@@]56CCCN5C[C@H](F)C6)nc4c3F)c12. The maximum atomic E-state index is 16.9. The Kier molecular flexibility index (Phi) is 7.08. The van der Waals surface area contributed by atoms with E-state index < -0.39 is 17.5 Å². The van der Waals surface area contributed by atoms with Crippen molar-refractivity contribution in [3.63, 3.8) is 0 Å². The lowest BCUT2D eigenvalue weighted by molar-refractivity contribution is -0.119. The molecule has 1 unspecified atom stereocenters. The molecule has 46 heavy (non-hydrogen) atoms. The smallest absolute Gasteiger partial charge is 0.319 e. The Morgan fingerprint density at radius 1 is 1.11 bits per heavy atom. The first-order valence-corrected chi connectivity index (χ1v) is 16.4. The molecule has 4 aliphatic rings. The number of nitrogens with one attached hydrogen (secondary N) is 1. The van der Waals surface area contributed by atoms with E-state index in [0.717, 1.165) is 37.6 Å². The number of rotatable bonds is 6. The lowest BCUT2D eigenvalue weighted by Crippen LogP contribution is -2.45. The van der Waals surface area contributed by atoms with E-state index >= 15 is 4.39 Å². The number of pyridine rings is 1. The summed E-state index contributed by atoms with van der Waals surface area (Å²) < 4.78 is 52.6. The van der Waals surface area contributed by atoms with Gasteiger partial charge in [-0.25, -0.2) is 13.2 Å². The van der Waals surface area contributed by atoms with Gasteiger partial charge in [-0.05, 0) is 61.1 Å². The van der Waals surface area contributed by atoms with Crippen molar-refractivity contribution in [1.82, 2.24) is 25.2 Å². The van der Waals surface area contributed by atoms with E-state index in [1.54, 1.807) is 18.3 Å². The van der Waals surface area contributed by atoms with Crippen molar-refractivity contribution in [1.29, 1.82) is 0 Å². The quantitative estimate of drug-likeness (QED) is 0.291. The van der Waals surface area contributed by atoms with E-state index in [9.17, 15) is 13.6 Å². The van der Waals surface area contributed by atoms with Gasteiger partial charge in [-0.15, -0.1) is 0 Å². The van der Waals surface area contributed by atoms with Crippen LogP contribution in [0.2, 0.25) is 0 Å². The Morgan fingerprint density at radius 2 is 1.98 bits per heavy atom. The molecule has 1 spiro atoms. The summed E-state index contributed by atoms with van der Waals surface area (Å²) in [4.78, 5) is 30.6. The summed E-state index contributed by atoms with van der Waals surface area (Å²) in [5, 5.41) is 4.84. The molecule has 2 aromatic carbocycles. The molecule has 1 amide bonds. The number of carbonyl (C=O) groups is 1. The summed E-state index contributed by atoms with van der Waals surface area (Å²) in [5.74, 6) is -0.438. The van der Waals surface area contributed by atoms with E-state index in [0.29, 0.717) is 73.2 Å². The largest absolute Gasteiger partial charge is 0.461 e. The number of nitrogens with zero attached hydrogens (tertiary/aromatic N) is 5. The maximum Gasteiger partial charge on any atom is 0.319 e. The van der Waals surface area contributed by atoms with Crippen LogP contribution in [0.3, 0.4) is 0 Å². The topological polar surface area (TPSA) is 83.5 Å². The van der Waals surface area contributed by atoms with Crippen molar-refractivity contribution in [3.8, 4) is 17.3 Å². The van der Waals surface area contributed by atoms with Gasteiger partial charge in [0.25, 0.3) is 0 Å². The zero-order chi connectivity index (χ0) is 31.6. The number of ether oxygens (including phenoxy) is 1. The number of carbonyl (C=O) groups excluding carboxylic acids is 1. The fraction of sp³-hybridized carbons (Fsp3) is 0.486. The summed E-state index contributed by atoms with van der Waals surface area (Å²) in [6.07, 6.45) is 5.50. The van der Waals surface area contributed by atoms with Gasteiger partial charge in [0, 0.05) is 56.2 Å². The summed E-state index contributed by atoms with van der Waals surface area (Å²) in [5.41, 5.74) is 0.478. The maximum absolute atomic E-state index is 16.9. The van der Waals surface area contributed by atoms with Crippen LogP contribution in [0, 0.1) is 17.0 Å². The van der Waals surface area contributed by atoms with Crippen LogP contribution in [0.25, 0.3) is 32.9 Å². The molecular weight excluding hydrogens is 593 g/mol. The van der Waals surface area contributed by atoms with E-state index in [2.05, 4.69) is 25.1 Å². The molecule has 6 heterocycles. The predicted molar refractivity (Wildman–Crippen MR) is 170 cm³/mol. The molecule has 1 N–H and O–H groups in total. The fourth-order valence-corrected chi connectivity index (χ4v) is 8.56. The highest BCUT2D eigenvalue weighted by atomic mass is 19.1. The number of halogens is 3. The van der Waals surface area contributed by atoms with Crippen LogP contribution in [0.5, 0.6) is 6.01 Å². The average molecular weight is 631 g/mol. The van der Waals surface area contributed by atoms with Gasteiger partial charge in [0.2, 0.25) is 5.91 Å². The lowest BCUT2D eigenvalue weighted by atomic mass is 9.79. The van der Waals surface area contributed by atoms with Crippen LogP contribution in [0.15, 0.2) is 36.5 Å². The first kappa shape index (κ1) is 29.4. The molecule has 4 aromatic rings. The molecule has 240 valence electrons. The molecule has 0 saturated carbocycles. The van der Waals surface area contributed by atoms with Gasteiger partial charge >= 0.3 is 6.01 Å². The number of benzene rings is 2. The van der Waals surface area contributed by atoms with Gasteiger partial charge in [-0.1, -0.05) is 31.2 Å². The van der Waals surface area contributed by atoms with Gasteiger partial charge in [0.1, 0.15) is 35.6 Å². The van der Waals surface area contributed by atoms with Gasteiger partial charge in [0.15, 0.2) is 5.82 Å². The minimum Gasteiger partial charge on any atom is -0.461 e. The number of fused-ring (bicyclic) bond motifs is 3. The predicted octanol–water partition coefficient (Wildman–Crippen LogP) is 5.75. The summed E-state index contributed by atoms with van der Waals surface area (Å²) in [7, 11) is 0. The summed E-state index contributed by atoms with van der Waals surface area (Å²) in [6.45, 7) is 5.14. The standard InChI is InChI=1S/C35H37F3N6O2/c1-2-23-26(37)9-8-21-6-3-7-24(28(21)23)30-29(38)31-25(16-39-30)32(43-12-4-10-34(19-43)15-27(45)40-18-34)42-33(41-31)46-20-35-11-5-13-44(35)17-22(36)14-35/h3,6-9,16,22H,2,4-5,10-15,17-20H2,1H3,(H,40,45)/t22-,34?,35+/m1/s1. The highest BCUT2D eigenvalue weighted by Gasteiger charge is 2.49. The zero-order valence-corrected chi connectivity index (χ0v) is 25.9. The van der Waals surface area contributed by atoms with Crippen LogP contribution < -0.4 is 15.0 Å². The van der Waals surface area contributed by atoms with Crippen molar-refractivity contribution in [2.24, 2.45) is 5.41 Å². The number of aryl methyl sites for hydroxylation is 1. The second-order valence-electron chi connectivity index (χ2n) is 13.6. The number of alkyl halides is 1.